The third-order valence-corrected chi connectivity index (χ3v) is 18.8. The molecule has 0 radical (unpaired) electrons. The van der Waals surface area contributed by atoms with Crippen LogP contribution in [0, 0.1) is 11.6 Å². The summed E-state index contributed by atoms with van der Waals surface area (Å²) < 4.78 is 50.1. The van der Waals surface area contributed by atoms with Crippen LogP contribution in [0.25, 0.3) is 0 Å². The molecule has 111 heavy (non-hydrogen) atoms. The molecule has 25 nitrogen and oxygen atoms in total. The molecular weight excluding hydrogens is 1540 g/mol. The van der Waals surface area contributed by atoms with Crippen LogP contribution in [0.15, 0.2) is 255 Å². The molecule has 4 atom stereocenters. The first-order valence-electron chi connectivity index (χ1n) is 33.2. The molecule has 0 spiro atoms. The van der Waals surface area contributed by atoms with Crippen LogP contribution >= 0.6 is 58.8 Å². The Hall–Kier alpha value is -10.1. The number of ether oxygens (including phenoxy) is 5. The van der Waals surface area contributed by atoms with Crippen molar-refractivity contribution >= 4 is 118 Å². The Bertz CT molecular complexity index is 3940. The Morgan fingerprint density at radius 1 is 0.342 bits per heavy atom. The zero-order valence-corrected chi connectivity index (χ0v) is 66.0. The van der Waals surface area contributed by atoms with Crippen LogP contribution in [0.3, 0.4) is 0 Å². The largest absolute Gasteiger partial charge is 0.467 e. The molecule has 0 aliphatic rings. The van der Waals surface area contributed by atoms with Gasteiger partial charge in [-0.25, -0.2) is 28.0 Å². The molecule has 0 saturated heterocycles. The summed E-state index contributed by atoms with van der Waals surface area (Å²) in [5, 5.41) is 13.3. The summed E-state index contributed by atoms with van der Waals surface area (Å²) in [4.78, 5) is 123. The van der Waals surface area contributed by atoms with Crippen molar-refractivity contribution in [2.75, 3.05) is 69.9 Å². The molecule has 8 rings (SSSR count). The summed E-state index contributed by atoms with van der Waals surface area (Å²) in [7, 11) is 3.83. The summed E-state index contributed by atoms with van der Waals surface area (Å²) in [6.45, 7) is 6.34. The van der Waals surface area contributed by atoms with E-state index in [0.717, 1.165) is 30.0 Å². The van der Waals surface area contributed by atoms with Gasteiger partial charge in [0.05, 0.1) is 69.7 Å². The number of hydrogen-bond acceptors (Lipinski definition) is 20. The minimum atomic E-state index is -1.03. The minimum Gasteiger partial charge on any atom is -0.467 e. The van der Waals surface area contributed by atoms with Gasteiger partial charge in [-0.1, -0.05) is 146 Å². The number of amides is 5. The second-order valence-electron chi connectivity index (χ2n) is 21.7. The number of rotatable bonds is 33. The minimum absolute atomic E-state index is 0. The molecule has 602 valence electrons. The molecule has 2 unspecified atom stereocenters. The van der Waals surface area contributed by atoms with Gasteiger partial charge >= 0.3 is 29.8 Å². The maximum absolute atomic E-state index is 13.3. The van der Waals surface area contributed by atoms with Gasteiger partial charge in [-0.05, 0) is 122 Å². The van der Waals surface area contributed by atoms with Gasteiger partial charge in [0, 0.05) is 43.9 Å². The van der Waals surface area contributed by atoms with Gasteiger partial charge in [-0.15, -0.1) is 58.8 Å². The number of halogens is 2. The second kappa shape index (κ2) is 61.6. The fourth-order valence-corrected chi connectivity index (χ4v) is 12.5. The number of carbonyl (C=O) groups is 10. The number of hydrogen-bond donors (Lipinski definition) is 5. The third-order valence-electron chi connectivity index (χ3n) is 13.7. The molecule has 0 heterocycles. The topological polar surface area (TPSA) is 434 Å². The average Bonchev–Trinajstić information content (AvgIpc) is 0.878. The van der Waals surface area contributed by atoms with Gasteiger partial charge < -0.3 is 77.6 Å². The highest BCUT2D eigenvalue weighted by atomic mass is 32.2. The number of nitrogens with one attached hydrogen (secondary N) is 5. The number of carbonyl (C=O) groups excluding carboxylic acids is 10. The van der Waals surface area contributed by atoms with Crippen LogP contribution in [-0.4, -0.2) is 175 Å². The molecule has 8 aromatic rings. The Labute approximate surface area is 665 Å². The maximum atomic E-state index is 13.3. The Morgan fingerprint density at radius 3 is 1.02 bits per heavy atom. The zero-order chi connectivity index (χ0) is 77.1. The molecule has 0 saturated carbocycles. The number of thioether (sulfide) groups is 5. The van der Waals surface area contributed by atoms with Crippen molar-refractivity contribution in [2.45, 2.75) is 88.7 Å². The van der Waals surface area contributed by atoms with E-state index in [1.54, 1.807) is 62.0 Å². The average molecular weight is 1630 g/mol. The maximum Gasteiger partial charge on any atom is 0.333 e. The van der Waals surface area contributed by atoms with Crippen molar-refractivity contribution in [3.63, 3.8) is 0 Å². The molecule has 0 aliphatic carbocycles. The fourth-order valence-electron chi connectivity index (χ4n) is 8.78. The van der Waals surface area contributed by atoms with E-state index in [9.17, 15) is 56.7 Å². The van der Waals surface area contributed by atoms with E-state index >= 15 is 0 Å². The van der Waals surface area contributed by atoms with Gasteiger partial charge in [0.2, 0.25) is 29.5 Å². The molecule has 0 aromatic heterocycles. The summed E-state index contributed by atoms with van der Waals surface area (Å²) in [5.74, 6) is -3.26. The summed E-state index contributed by atoms with van der Waals surface area (Å²) in [6.07, 6.45) is 0.176. The van der Waals surface area contributed by atoms with Gasteiger partial charge in [-0.3, -0.25) is 28.8 Å². The first-order valence-corrected chi connectivity index (χ1v) is 38.1. The Morgan fingerprint density at radius 2 is 0.676 bits per heavy atom. The summed E-state index contributed by atoms with van der Waals surface area (Å²) in [6, 6.07) is 65.3. The highest BCUT2D eigenvalue weighted by molar-refractivity contribution is 8.01. The van der Waals surface area contributed by atoms with Crippen LogP contribution < -0.4 is 26.6 Å². The Balaban J connectivity index is 0. The van der Waals surface area contributed by atoms with Crippen molar-refractivity contribution in [2.24, 2.45) is 0 Å². The standard InChI is InChI=1S/2C18H18FNO3S.C17H17NO3S.C16H21NO5S.C10H13NOS.5H2O/c1-23-18(22)16(11-13-6-5-7-14(19)10-13)20-17(21)12-24-15-8-3-2-4-9-15;1-23-18(22)16(11-13-7-9-14(19)10-8-13)20-17(21)12-24-15-5-3-2-4-6-15;1-21-17(20)16(13-8-4-2-5-9-13)18-15(19)12-22-14-10-6-3-7-11-14;1-3-21-15(19)10-13(16(20)22-4-2)17-14(18)11-23-12-8-6-5-7-9-12;1-2-11-10(12)8-13-9-6-4-3-5-7-9;;;;;/h2*2-10,16H,11-12H2,1H3,(H,20,21);2-11,16H,12H2,1H3,(H,18,19);5-9,13H,3-4,10-11H2,1-2H3,(H,17,18);3-7H,2,8H2,1H3,(H,11,12);5*1H2/t;;16-;13-;;;;;;/m..01....../s1. The Kier molecular flexibility index (Phi) is 57.1. The first kappa shape index (κ1) is 103. The van der Waals surface area contributed by atoms with E-state index < -0.39 is 54.0 Å². The van der Waals surface area contributed by atoms with E-state index in [4.69, 9.17) is 23.7 Å². The van der Waals surface area contributed by atoms with Crippen molar-refractivity contribution in [1.29, 1.82) is 0 Å². The molecule has 0 aliphatic heterocycles. The van der Waals surface area contributed by atoms with Gasteiger partial charge in [-0.2, -0.15) is 0 Å². The first-order chi connectivity index (χ1) is 51.2. The monoisotopic (exact) mass is 1630 g/mol. The smallest absolute Gasteiger partial charge is 0.333 e. The molecule has 5 amide bonds. The lowest BCUT2D eigenvalue weighted by atomic mass is 10.1. The lowest BCUT2D eigenvalue weighted by molar-refractivity contribution is -0.153. The molecular formula is C79H97F2N5O20S5. The van der Waals surface area contributed by atoms with E-state index in [-0.39, 0.29) is 124 Å². The number of esters is 5. The quantitative estimate of drug-likeness (QED) is 0.0148. The van der Waals surface area contributed by atoms with E-state index in [1.807, 2.05) is 177 Å². The molecule has 15 N–H and O–H groups in total. The zero-order valence-electron chi connectivity index (χ0n) is 61.9. The lowest BCUT2D eigenvalue weighted by Gasteiger charge is -2.16. The van der Waals surface area contributed by atoms with Crippen LogP contribution in [-0.2, 0) is 84.5 Å². The van der Waals surface area contributed by atoms with Crippen LogP contribution in [0.5, 0.6) is 0 Å². The van der Waals surface area contributed by atoms with E-state index in [2.05, 4.69) is 26.6 Å². The van der Waals surface area contributed by atoms with Gasteiger partial charge in [0.15, 0.2) is 6.04 Å². The highest BCUT2D eigenvalue weighted by Gasteiger charge is 2.28. The van der Waals surface area contributed by atoms with E-state index in [0.29, 0.717) is 23.4 Å². The molecule has 8 aromatic carbocycles. The summed E-state index contributed by atoms with van der Waals surface area (Å²) >= 11 is 7.08. The van der Waals surface area contributed by atoms with Crippen molar-refractivity contribution in [3.05, 3.63) is 259 Å². The number of benzene rings is 8. The molecule has 0 fully saturated rings. The normalized spacial score (nSPS) is 10.8. The van der Waals surface area contributed by atoms with Gasteiger partial charge in [0.25, 0.3) is 0 Å². The van der Waals surface area contributed by atoms with Crippen LogP contribution in [0.4, 0.5) is 8.78 Å². The van der Waals surface area contributed by atoms with Crippen molar-refractivity contribution in [3.8, 4) is 0 Å². The lowest BCUT2D eigenvalue weighted by Crippen LogP contribution is -2.44. The second-order valence-corrected chi connectivity index (χ2v) is 27.0. The summed E-state index contributed by atoms with van der Waals surface area (Å²) in [5.41, 5.74) is 2.05. The molecule has 32 heteroatoms. The predicted octanol–water partition coefficient (Wildman–Crippen LogP) is 8.02. The van der Waals surface area contributed by atoms with Crippen molar-refractivity contribution in [1.82, 2.24) is 26.6 Å². The van der Waals surface area contributed by atoms with Crippen LogP contribution in [0.2, 0.25) is 0 Å². The van der Waals surface area contributed by atoms with Crippen LogP contribution in [0.1, 0.15) is 49.9 Å². The fraction of sp³-hybridized carbons (Fsp3) is 0.266. The third kappa shape index (κ3) is 45.0. The highest BCUT2D eigenvalue weighted by Crippen LogP contribution is 2.22. The van der Waals surface area contributed by atoms with E-state index in [1.165, 1.54) is 92.6 Å². The SMILES string of the molecule is CCNC(=O)CSc1ccccc1.CCOC(=O)C[C@@H](NC(=O)CSc1ccccc1)C(=O)OCC.COC(=O)C(Cc1ccc(F)cc1)NC(=O)CSc1ccccc1.COC(=O)C(Cc1cccc(F)c1)NC(=O)CSc1ccccc1.COC(=O)[C@@H](NC(=O)CSc1ccccc1)c1ccccc1.O.O.O.O.O. The predicted molar refractivity (Wildman–Crippen MR) is 430 cm³/mol. The molecule has 0 bridgehead atoms. The number of methoxy groups -OCH3 is 3. The van der Waals surface area contributed by atoms with Gasteiger partial charge in [0.1, 0.15) is 29.8 Å². The van der Waals surface area contributed by atoms with Crippen molar-refractivity contribution < 1.29 is 108 Å².